The van der Waals surface area contributed by atoms with E-state index in [1.165, 1.54) is 0 Å². The summed E-state index contributed by atoms with van der Waals surface area (Å²) in [5.41, 5.74) is 7.21. The third-order valence-electron chi connectivity index (χ3n) is 3.85. The lowest BCUT2D eigenvalue weighted by molar-refractivity contribution is 0.0145. The fourth-order valence-corrected chi connectivity index (χ4v) is 2.94. The molecular weight excluding hydrogens is 240 g/mol. The van der Waals surface area contributed by atoms with Gasteiger partial charge >= 0.3 is 0 Å². The van der Waals surface area contributed by atoms with Gasteiger partial charge in [0.2, 0.25) is 0 Å². The number of ether oxygens (including phenoxy) is 1. The lowest BCUT2D eigenvalue weighted by Crippen LogP contribution is -2.38. The first-order valence-electron chi connectivity index (χ1n) is 6.86. The molecule has 1 aliphatic carbocycles. The van der Waals surface area contributed by atoms with Crippen LogP contribution in [-0.4, -0.2) is 36.3 Å². The minimum Gasteiger partial charge on any atom is -0.495 e. The summed E-state index contributed by atoms with van der Waals surface area (Å²) in [7, 11) is 3.66. The third kappa shape index (κ3) is 3.61. The van der Waals surface area contributed by atoms with E-state index >= 15 is 0 Å². The van der Waals surface area contributed by atoms with Gasteiger partial charge in [0.05, 0.1) is 18.4 Å². The molecule has 0 bridgehead atoms. The van der Waals surface area contributed by atoms with Crippen molar-refractivity contribution in [3.05, 3.63) is 23.8 Å². The Morgan fingerprint density at radius 1 is 1.37 bits per heavy atom. The molecule has 1 aromatic rings. The molecule has 4 nitrogen and oxygen atoms in total. The standard InChI is InChI=1S/C15H24N2O2/c1-17(11-15(18)7-3-4-8-15)10-12-5-6-14(19-2)13(16)9-12/h5-6,9,18H,3-4,7-8,10-11,16H2,1-2H3. The molecule has 3 N–H and O–H groups in total. The number of methoxy groups -OCH3 is 1. The van der Waals surface area contributed by atoms with Gasteiger partial charge in [-0.3, -0.25) is 4.90 Å². The van der Waals surface area contributed by atoms with Gasteiger partial charge in [-0.2, -0.15) is 0 Å². The van der Waals surface area contributed by atoms with Crippen molar-refractivity contribution >= 4 is 5.69 Å². The predicted octanol–water partition coefficient (Wildman–Crippen LogP) is 2.01. The van der Waals surface area contributed by atoms with E-state index in [4.69, 9.17) is 10.5 Å². The summed E-state index contributed by atoms with van der Waals surface area (Å²) < 4.78 is 5.15. The number of hydrogen-bond donors (Lipinski definition) is 2. The maximum atomic E-state index is 10.4. The molecule has 0 spiro atoms. The molecule has 106 valence electrons. The van der Waals surface area contributed by atoms with Crippen molar-refractivity contribution in [1.29, 1.82) is 0 Å². The van der Waals surface area contributed by atoms with Gasteiger partial charge in [0.15, 0.2) is 0 Å². The second kappa shape index (κ2) is 5.80. The van der Waals surface area contributed by atoms with E-state index in [2.05, 4.69) is 4.90 Å². The van der Waals surface area contributed by atoms with Gasteiger partial charge in [-0.1, -0.05) is 18.9 Å². The number of likely N-dealkylation sites (N-methyl/N-ethyl adjacent to an activating group) is 1. The van der Waals surface area contributed by atoms with Crippen LogP contribution in [0.4, 0.5) is 5.69 Å². The molecule has 0 aliphatic heterocycles. The number of nitrogens with zero attached hydrogens (tertiary/aromatic N) is 1. The van der Waals surface area contributed by atoms with Crippen LogP contribution in [0.15, 0.2) is 18.2 Å². The summed E-state index contributed by atoms with van der Waals surface area (Å²) in [6.45, 7) is 1.51. The average Bonchev–Trinajstić information content (AvgIpc) is 2.75. The van der Waals surface area contributed by atoms with Gasteiger partial charge in [-0.05, 0) is 37.6 Å². The zero-order chi connectivity index (χ0) is 13.9. The van der Waals surface area contributed by atoms with Crippen molar-refractivity contribution in [3.63, 3.8) is 0 Å². The second-order valence-corrected chi connectivity index (χ2v) is 5.68. The summed E-state index contributed by atoms with van der Waals surface area (Å²) in [5.74, 6) is 0.709. The number of nitrogens with two attached hydrogens (primary N) is 1. The van der Waals surface area contributed by atoms with Gasteiger partial charge in [0.25, 0.3) is 0 Å². The monoisotopic (exact) mass is 264 g/mol. The smallest absolute Gasteiger partial charge is 0.141 e. The molecule has 0 unspecified atom stereocenters. The Bertz CT molecular complexity index is 428. The fourth-order valence-electron chi connectivity index (χ4n) is 2.94. The molecule has 1 aromatic carbocycles. The maximum Gasteiger partial charge on any atom is 0.141 e. The van der Waals surface area contributed by atoms with Crippen LogP contribution in [0, 0.1) is 0 Å². The molecule has 0 heterocycles. The Kier molecular flexibility index (Phi) is 4.32. The van der Waals surface area contributed by atoms with Gasteiger partial charge in [-0.15, -0.1) is 0 Å². The molecule has 1 saturated carbocycles. The molecule has 0 atom stereocenters. The average molecular weight is 264 g/mol. The van der Waals surface area contributed by atoms with Crippen molar-refractivity contribution in [2.24, 2.45) is 0 Å². The molecule has 0 saturated heterocycles. The number of benzene rings is 1. The van der Waals surface area contributed by atoms with E-state index in [9.17, 15) is 5.11 Å². The number of anilines is 1. The van der Waals surface area contributed by atoms with E-state index in [0.717, 1.165) is 44.3 Å². The first kappa shape index (κ1) is 14.2. The van der Waals surface area contributed by atoms with Crippen LogP contribution in [0.1, 0.15) is 31.2 Å². The molecular formula is C15H24N2O2. The maximum absolute atomic E-state index is 10.4. The Hall–Kier alpha value is -1.26. The molecule has 19 heavy (non-hydrogen) atoms. The highest BCUT2D eigenvalue weighted by Gasteiger charge is 2.32. The van der Waals surface area contributed by atoms with E-state index in [-0.39, 0.29) is 0 Å². The van der Waals surface area contributed by atoms with Crippen molar-refractivity contribution in [2.45, 2.75) is 37.8 Å². The van der Waals surface area contributed by atoms with E-state index in [0.29, 0.717) is 11.4 Å². The van der Waals surface area contributed by atoms with Gasteiger partial charge in [0.1, 0.15) is 5.75 Å². The lowest BCUT2D eigenvalue weighted by Gasteiger charge is -2.28. The summed E-state index contributed by atoms with van der Waals surface area (Å²) >= 11 is 0. The highest BCUT2D eigenvalue weighted by molar-refractivity contribution is 5.54. The van der Waals surface area contributed by atoms with E-state index in [1.807, 2.05) is 25.2 Å². The molecule has 1 aliphatic rings. The zero-order valence-corrected chi connectivity index (χ0v) is 11.9. The Labute approximate surface area is 115 Å². The molecule has 0 aromatic heterocycles. The SMILES string of the molecule is COc1ccc(CN(C)CC2(O)CCCC2)cc1N. The Balaban J connectivity index is 1.95. The summed E-state index contributed by atoms with van der Waals surface area (Å²) in [4.78, 5) is 2.16. The first-order valence-corrected chi connectivity index (χ1v) is 6.86. The van der Waals surface area contributed by atoms with Gasteiger partial charge in [0, 0.05) is 13.1 Å². The molecule has 1 fully saturated rings. The predicted molar refractivity (Wildman–Crippen MR) is 77.2 cm³/mol. The van der Waals surface area contributed by atoms with Crippen LogP contribution in [0.3, 0.4) is 0 Å². The summed E-state index contributed by atoms with van der Waals surface area (Å²) in [5, 5.41) is 10.4. The summed E-state index contributed by atoms with van der Waals surface area (Å²) in [6.07, 6.45) is 4.11. The van der Waals surface area contributed by atoms with E-state index in [1.54, 1.807) is 7.11 Å². The van der Waals surface area contributed by atoms with Crippen LogP contribution < -0.4 is 10.5 Å². The fraction of sp³-hybridized carbons (Fsp3) is 0.600. The van der Waals surface area contributed by atoms with Crippen molar-refractivity contribution in [1.82, 2.24) is 4.90 Å². The first-order chi connectivity index (χ1) is 9.02. The Morgan fingerprint density at radius 3 is 2.63 bits per heavy atom. The molecule has 2 rings (SSSR count). The quantitative estimate of drug-likeness (QED) is 0.799. The molecule has 0 amide bonds. The highest BCUT2D eigenvalue weighted by atomic mass is 16.5. The van der Waals surface area contributed by atoms with Crippen molar-refractivity contribution in [2.75, 3.05) is 26.4 Å². The topological polar surface area (TPSA) is 58.7 Å². The van der Waals surface area contributed by atoms with E-state index < -0.39 is 5.60 Å². The van der Waals surface area contributed by atoms with Crippen molar-refractivity contribution < 1.29 is 9.84 Å². The third-order valence-corrected chi connectivity index (χ3v) is 3.85. The van der Waals surface area contributed by atoms with Crippen LogP contribution in [0.25, 0.3) is 0 Å². The van der Waals surface area contributed by atoms with Crippen LogP contribution in [0.5, 0.6) is 5.75 Å². The minimum absolute atomic E-state index is 0.493. The van der Waals surface area contributed by atoms with Crippen LogP contribution in [-0.2, 0) is 6.54 Å². The molecule has 0 radical (unpaired) electrons. The van der Waals surface area contributed by atoms with Gasteiger partial charge < -0.3 is 15.6 Å². The van der Waals surface area contributed by atoms with Crippen LogP contribution >= 0.6 is 0 Å². The number of rotatable bonds is 5. The summed E-state index contributed by atoms with van der Waals surface area (Å²) in [6, 6.07) is 5.85. The van der Waals surface area contributed by atoms with Crippen molar-refractivity contribution in [3.8, 4) is 5.75 Å². The normalized spacial score (nSPS) is 17.9. The number of aliphatic hydroxyl groups is 1. The second-order valence-electron chi connectivity index (χ2n) is 5.68. The lowest BCUT2D eigenvalue weighted by atomic mass is 10.0. The van der Waals surface area contributed by atoms with Gasteiger partial charge in [-0.25, -0.2) is 0 Å². The zero-order valence-electron chi connectivity index (χ0n) is 11.9. The number of nitrogen functional groups attached to an aromatic ring is 1. The van der Waals surface area contributed by atoms with Crippen LogP contribution in [0.2, 0.25) is 0 Å². The Morgan fingerprint density at radius 2 is 2.05 bits per heavy atom. The molecule has 4 heteroatoms. The number of hydrogen-bond acceptors (Lipinski definition) is 4. The largest absolute Gasteiger partial charge is 0.495 e. The highest BCUT2D eigenvalue weighted by Crippen LogP contribution is 2.30. The minimum atomic E-state index is -0.493.